The van der Waals surface area contributed by atoms with E-state index in [4.69, 9.17) is 4.74 Å². The number of imidazole rings is 1. The Morgan fingerprint density at radius 2 is 1.97 bits per heavy atom. The zero-order valence-corrected chi connectivity index (χ0v) is 21.8. The molecule has 1 unspecified atom stereocenters. The summed E-state index contributed by atoms with van der Waals surface area (Å²) in [5.41, 5.74) is 2.72. The molecule has 0 radical (unpaired) electrons. The molecule has 0 saturated carbocycles. The van der Waals surface area contributed by atoms with Crippen LogP contribution in [0.1, 0.15) is 47.3 Å². The number of aliphatic imine (C=N–C) groups is 1. The van der Waals surface area contributed by atoms with Gasteiger partial charge in [0.2, 0.25) is 0 Å². The Morgan fingerprint density at radius 3 is 2.76 bits per heavy atom. The molecule has 1 aliphatic rings. The lowest BCUT2D eigenvalue weighted by atomic mass is 10.1. The molecular weight excluding hydrogens is 480 g/mol. The first-order chi connectivity index (χ1) is 18.7. The molecule has 2 heterocycles. The molecule has 4 rings (SSSR count). The topological polar surface area (TPSA) is 115 Å². The highest BCUT2D eigenvalue weighted by Gasteiger charge is 2.13. The number of aryl methyl sites for hydroxylation is 1. The Kier molecular flexibility index (Phi) is 10.7. The Bertz CT molecular complexity index is 1130. The molecule has 1 aromatic heterocycles. The van der Waals surface area contributed by atoms with Gasteiger partial charge in [-0.05, 0) is 68.6 Å². The number of hydrogen-bond donors (Lipinski definition) is 4. The predicted octanol–water partition coefficient (Wildman–Crippen LogP) is 3.14. The van der Waals surface area contributed by atoms with Crippen LogP contribution in [0.3, 0.4) is 0 Å². The third-order valence-electron chi connectivity index (χ3n) is 6.38. The molecule has 2 aromatic carbocycles. The summed E-state index contributed by atoms with van der Waals surface area (Å²) in [6, 6.07) is 17.0. The van der Waals surface area contributed by atoms with Crippen molar-refractivity contribution in [1.29, 1.82) is 0 Å². The number of carbonyl (C=O) groups excluding carboxylic acids is 1. The lowest BCUT2D eigenvalue weighted by molar-refractivity contribution is 0.0970. The number of nitrogens with zero attached hydrogens (tertiary/aromatic N) is 3. The maximum atomic E-state index is 12.7. The molecule has 0 spiro atoms. The Hall–Kier alpha value is -3.69. The van der Waals surface area contributed by atoms with Crippen LogP contribution in [0.5, 0.6) is 5.75 Å². The first-order valence-electron chi connectivity index (χ1n) is 13.4. The molecule has 1 saturated heterocycles. The van der Waals surface area contributed by atoms with E-state index in [0.717, 1.165) is 43.9 Å². The van der Waals surface area contributed by atoms with Gasteiger partial charge in [0.25, 0.3) is 5.91 Å². The van der Waals surface area contributed by atoms with E-state index in [1.807, 2.05) is 42.6 Å². The van der Waals surface area contributed by atoms with Crippen molar-refractivity contribution in [1.82, 2.24) is 25.5 Å². The number of guanidine groups is 1. The van der Waals surface area contributed by atoms with Gasteiger partial charge in [-0.15, -0.1) is 0 Å². The highest BCUT2D eigenvalue weighted by atomic mass is 16.5. The van der Waals surface area contributed by atoms with Crippen molar-refractivity contribution in [3.05, 3.63) is 83.9 Å². The lowest BCUT2D eigenvalue weighted by Gasteiger charge is -2.26. The Labute approximate surface area is 224 Å². The van der Waals surface area contributed by atoms with E-state index in [-0.39, 0.29) is 19.1 Å². The van der Waals surface area contributed by atoms with E-state index in [9.17, 15) is 9.90 Å². The summed E-state index contributed by atoms with van der Waals surface area (Å²) in [6.45, 7) is 4.01. The third kappa shape index (κ3) is 9.32. The summed E-state index contributed by atoms with van der Waals surface area (Å²) in [4.78, 5) is 26.8. The van der Waals surface area contributed by atoms with Crippen LogP contribution in [-0.4, -0.2) is 70.7 Å². The average Bonchev–Trinajstić information content (AvgIpc) is 3.47. The number of piperidine rings is 1. The number of ether oxygens (including phenoxy) is 1. The first kappa shape index (κ1) is 27.3. The fraction of sp³-hybridized carbons (Fsp3) is 0.414. The number of aliphatic hydroxyl groups is 1. The van der Waals surface area contributed by atoms with Crippen molar-refractivity contribution in [2.24, 2.45) is 4.99 Å². The zero-order valence-electron chi connectivity index (χ0n) is 21.8. The fourth-order valence-corrected chi connectivity index (χ4v) is 4.36. The highest BCUT2D eigenvalue weighted by Crippen LogP contribution is 2.17. The van der Waals surface area contributed by atoms with Crippen molar-refractivity contribution in [2.75, 3.05) is 32.8 Å². The number of carbonyl (C=O) groups is 1. The Morgan fingerprint density at radius 1 is 1.13 bits per heavy atom. The number of aromatic nitrogens is 2. The van der Waals surface area contributed by atoms with E-state index in [1.54, 1.807) is 18.5 Å². The molecule has 1 fully saturated rings. The van der Waals surface area contributed by atoms with Gasteiger partial charge < -0.3 is 20.1 Å². The molecule has 1 amide bonds. The SMILES string of the molecule is O=C(N/C(=N\CCCc1c[nH]cn1)NCC(O)COc1cccc(CN2CCCCC2)c1)c1ccccc1. The van der Waals surface area contributed by atoms with E-state index >= 15 is 0 Å². The number of aliphatic hydroxyl groups excluding tert-OH is 1. The van der Waals surface area contributed by atoms with Gasteiger partial charge in [0.1, 0.15) is 18.5 Å². The molecule has 9 nitrogen and oxygen atoms in total. The van der Waals surface area contributed by atoms with Gasteiger partial charge in [-0.1, -0.05) is 36.8 Å². The minimum Gasteiger partial charge on any atom is -0.491 e. The summed E-state index contributed by atoms with van der Waals surface area (Å²) in [5.74, 6) is 0.798. The number of benzene rings is 2. The third-order valence-corrected chi connectivity index (χ3v) is 6.38. The molecule has 202 valence electrons. The van der Waals surface area contributed by atoms with E-state index in [0.29, 0.717) is 18.1 Å². The number of likely N-dealkylation sites (tertiary alicyclic amines) is 1. The summed E-state index contributed by atoms with van der Waals surface area (Å²) >= 11 is 0. The van der Waals surface area contributed by atoms with Crippen molar-refractivity contribution >= 4 is 11.9 Å². The normalized spacial score (nSPS) is 15.1. The monoisotopic (exact) mass is 518 g/mol. The lowest BCUT2D eigenvalue weighted by Crippen LogP contribution is -2.45. The van der Waals surface area contributed by atoms with E-state index in [2.05, 4.69) is 36.6 Å². The molecule has 0 bridgehead atoms. The standard InChI is InChI=1S/C29H38N6O3/c36-26(21-38-27-13-7-9-23(17-27)20-35-15-5-2-6-16-35)19-32-29(31-14-8-12-25-18-30-22-33-25)34-28(37)24-10-3-1-4-11-24/h1,3-4,7,9-11,13,17-18,22,26,36H,2,5-6,8,12,14-16,19-21H2,(H,30,33)(H2,31,32,34,37). The van der Waals surface area contributed by atoms with Gasteiger partial charge >= 0.3 is 0 Å². The molecular formula is C29H38N6O3. The van der Waals surface area contributed by atoms with Crippen LogP contribution in [-0.2, 0) is 13.0 Å². The maximum absolute atomic E-state index is 12.7. The van der Waals surface area contributed by atoms with Crippen LogP contribution in [0.15, 0.2) is 72.1 Å². The van der Waals surface area contributed by atoms with Gasteiger partial charge in [-0.25, -0.2) is 4.98 Å². The summed E-state index contributed by atoms with van der Waals surface area (Å²) in [6.07, 6.45) is 8.12. The fourth-order valence-electron chi connectivity index (χ4n) is 4.36. The van der Waals surface area contributed by atoms with Crippen LogP contribution in [0.4, 0.5) is 0 Å². The quantitative estimate of drug-likeness (QED) is 0.166. The molecule has 4 N–H and O–H groups in total. The second-order valence-corrected chi connectivity index (χ2v) is 9.54. The molecule has 3 aromatic rings. The van der Waals surface area contributed by atoms with Crippen molar-refractivity contribution < 1.29 is 14.6 Å². The second kappa shape index (κ2) is 14.9. The molecule has 0 aliphatic carbocycles. The zero-order chi connectivity index (χ0) is 26.4. The molecule has 38 heavy (non-hydrogen) atoms. The predicted molar refractivity (Wildman–Crippen MR) is 148 cm³/mol. The largest absolute Gasteiger partial charge is 0.491 e. The molecule has 1 aliphatic heterocycles. The second-order valence-electron chi connectivity index (χ2n) is 9.54. The first-order valence-corrected chi connectivity index (χ1v) is 13.4. The minimum absolute atomic E-state index is 0.124. The van der Waals surface area contributed by atoms with Crippen LogP contribution >= 0.6 is 0 Å². The number of amides is 1. The van der Waals surface area contributed by atoms with Gasteiger partial charge in [-0.3, -0.25) is 20.0 Å². The van der Waals surface area contributed by atoms with Gasteiger partial charge in [0, 0.05) is 31.4 Å². The number of aromatic amines is 1. The molecule has 9 heteroatoms. The van der Waals surface area contributed by atoms with Gasteiger partial charge in [0.05, 0.1) is 12.0 Å². The van der Waals surface area contributed by atoms with Crippen molar-refractivity contribution in [2.45, 2.75) is 44.8 Å². The van der Waals surface area contributed by atoms with Crippen molar-refractivity contribution in [3.63, 3.8) is 0 Å². The number of nitrogens with one attached hydrogen (secondary N) is 3. The van der Waals surface area contributed by atoms with E-state index < -0.39 is 6.10 Å². The smallest absolute Gasteiger partial charge is 0.257 e. The summed E-state index contributed by atoms with van der Waals surface area (Å²) in [5, 5.41) is 16.5. The van der Waals surface area contributed by atoms with Crippen LogP contribution in [0.2, 0.25) is 0 Å². The van der Waals surface area contributed by atoms with Crippen LogP contribution in [0.25, 0.3) is 0 Å². The number of hydrogen-bond acceptors (Lipinski definition) is 6. The van der Waals surface area contributed by atoms with E-state index in [1.165, 1.54) is 24.8 Å². The highest BCUT2D eigenvalue weighted by molar-refractivity contribution is 6.05. The van der Waals surface area contributed by atoms with Crippen LogP contribution in [0, 0.1) is 0 Å². The van der Waals surface area contributed by atoms with Crippen molar-refractivity contribution in [3.8, 4) is 5.75 Å². The maximum Gasteiger partial charge on any atom is 0.257 e. The van der Waals surface area contributed by atoms with Crippen LogP contribution < -0.4 is 15.4 Å². The summed E-state index contributed by atoms with van der Waals surface area (Å²) < 4.78 is 5.87. The summed E-state index contributed by atoms with van der Waals surface area (Å²) in [7, 11) is 0. The Balaban J connectivity index is 1.26. The van der Waals surface area contributed by atoms with Gasteiger partial charge in [-0.2, -0.15) is 0 Å². The number of H-pyrrole nitrogens is 1. The minimum atomic E-state index is -0.788. The number of rotatable bonds is 12. The average molecular weight is 519 g/mol. The van der Waals surface area contributed by atoms with Gasteiger partial charge in [0.15, 0.2) is 5.96 Å². The molecule has 1 atom stereocenters.